The van der Waals surface area contributed by atoms with Crippen LogP contribution >= 0.6 is 0 Å². The fourth-order valence-corrected chi connectivity index (χ4v) is 1.69. The van der Waals surface area contributed by atoms with Crippen molar-refractivity contribution in [2.45, 2.75) is 6.92 Å². The number of ketones is 1. The van der Waals surface area contributed by atoms with Gasteiger partial charge < -0.3 is 0 Å². The van der Waals surface area contributed by atoms with Crippen LogP contribution in [0.4, 0.5) is 5.69 Å². The Morgan fingerprint density at radius 1 is 1.05 bits per heavy atom. The van der Waals surface area contributed by atoms with Crippen LogP contribution in [0.25, 0.3) is 6.08 Å². The Bertz CT molecular complexity index is 655. The number of allylic oxidation sites excluding steroid dienone is 1. The number of carbonyl (C=O) groups excluding carboxylic acids is 1. The van der Waals surface area contributed by atoms with Gasteiger partial charge in [0.25, 0.3) is 5.69 Å². The van der Waals surface area contributed by atoms with Gasteiger partial charge in [-0.25, -0.2) is 0 Å². The second-order valence-corrected chi connectivity index (χ2v) is 4.41. The Hall–Kier alpha value is -2.75. The van der Waals surface area contributed by atoms with E-state index in [2.05, 4.69) is 0 Å². The minimum Gasteiger partial charge on any atom is -0.289 e. The molecule has 20 heavy (non-hydrogen) atoms. The lowest BCUT2D eigenvalue weighted by Gasteiger charge is -1.97. The maximum atomic E-state index is 11.9. The molecular formula is C16H13NO3. The molecule has 0 atom stereocenters. The largest absolute Gasteiger partial charge is 0.289 e. The van der Waals surface area contributed by atoms with Crippen molar-refractivity contribution in [3.63, 3.8) is 0 Å². The summed E-state index contributed by atoms with van der Waals surface area (Å²) in [6.45, 7) is 2.00. The average molecular weight is 267 g/mol. The van der Waals surface area contributed by atoms with E-state index in [-0.39, 0.29) is 11.5 Å². The molecule has 0 N–H and O–H groups in total. The van der Waals surface area contributed by atoms with Gasteiger partial charge in [0.05, 0.1) is 4.92 Å². The van der Waals surface area contributed by atoms with Crippen LogP contribution in [0.2, 0.25) is 0 Å². The molecule has 4 nitrogen and oxygen atoms in total. The molecule has 0 heterocycles. The van der Waals surface area contributed by atoms with Crippen molar-refractivity contribution in [2.75, 3.05) is 0 Å². The van der Waals surface area contributed by atoms with Gasteiger partial charge in [0, 0.05) is 17.7 Å². The van der Waals surface area contributed by atoms with Gasteiger partial charge in [-0.2, -0.15) is 0 Å². The molecule has 0 aliphatic rings. The fourth-order valence-electron chi connectivity index (χ4n) is 1.69. The van der Waals surface area contributed by atoms with Crippen molar-refractivity contribution in [3.05, 3.63) is 81.4 Å². The smallest absolute Gasteiger partial charge is 0.269 e. The molecule has 0 bridgehead atoms. The van der Waals surface area contributed by atoms with Crippen LogP contribution in [0, 0.1) is 17.0 Å². The summed E-state index contributed by atoms with van der Waals surface area (Å²) < 4.78 is 0. The van der Waals surface area contributed by atoms with Gasteiger partial charge in [0.2, 0.25) is 0 Å². The van der Waals surface area contributed by atoms with Gasteiger partial charge in [-0.3, -0.25) is 14.9 Å². The van der Waals surface area contributed by atoms with E-state index in [1.807, 2.05) is 31.2 Å². The molecule has 100 valence electrons. The lowest BCUT2D eigenvalue weighted by molar-refractivity contribution is -0.384. The van der Waals surface area contributed by atoms with E-state index in [4.69, 9.17) is 0 Å². The number of nitro groups is 1. The van der Waals surface area contributed by atoms with Gasteiger partial charge in [-0.15, -0.1) is 0 Å². The first kappa shape index (κ1) is 13.7. The highest BCUT2D eigenvalue weighted by atomic mass is 16.6. The maximum absolute atomic E-state index is 11.9. The van der Waals surface area contributed by atoms with Crippen molar-refractivity contribution >= 4 is 17.5 Å². The molecule has 2 rings (SSSR count). The van der Waals surface area contributed by atoms with E-state index < -0.39 is 4.92 Å². The molecule has 0 spiro atoms. The number of hydrogen-bond donors (Lipinski definition) is 0. The van der Waals surface area contributed by atoms with Crippen molar-refractivity contribution in [1.82, 2.24) is 0 Å². The van der Waals surface area contributed by atoms with Crippen LogP contribution in [-0.2, 0) is 0 Å². The maximum Gasteiger partial charge on any atom is 0.269 e. The van der Waals surface area contributed by atoms with Gasteiger partial charge in [-0.05, 0) is 30.7 Å². The first-order valence-electron chi connectivity index (χ1n) is 6.10. The molecule has 2 aromatic rings. The summed E-state index contributed by atoms with van der Waals surface area (Å²) in [4.78, 5) is 21.9. The van der Waals surface area contributed by atoms with Crippen molar-refractivity contribution in [2.24, 2.45) is 0 Å². The number of aryl methyl sites for hydroxylation is 1. The van der Waals surface area contributed by atoms with Crippen LogP contribution in [0.3, 0.4) is 0 Å². The Kier molecular flexibility index (Phi) is 4.05. The molecule has 0 saturated carbocycles. The first-order valence-corrected chi connectivity index (χ1v) is 6.10. The molecule has 0 amide bonds. The standard InChI is InChI=1S/C16H13NO3/c1-12-2-4-13(5-3-12)6-11-16(18)14-7-9-15(10-8-14)17(19)20/h2-11H,1H3/b11-6+. The molecule has 0 unspecified atom stereocenters. The Morgan fingerprint density at radius 3 is 2.20 bits per heavy atom. The second-order valence-electron chi connectivity index (χ2n) is 4.41. The van der Waals surface area contributed by atoms with Crippen LogP contribution in [0.15, 0.2) is 54.6 Å². The van der Waals surface area contributed by atoms with E-state index in [0.717, 1.165) is 11.1 Å². The summed E-state index contributed by atoms with van der Waals surface area (Å²) in [6, 6.07) is 13.4. The third-order valence-electron chi connectivity index (χ3n) is 2.87. The summed E-state index contributed by atoms with van der Waals surface area (Å²) in [7, 11) is 0. The number of non-ortho nitro benzene ring substituents is 1. The van der Waals surface area contributed by atoms with Crippen LogP contribution < -0.4 is 0 Å². The number of benzene rings is 2. The summed E-state index contributed by atoms with van der Waals surface area (Å²) in [5.41, 5.74) is 2.50. The summed E-state index contributed by atoms with van der Waals surface area (Å²) >= 11 is 0. The van der Waals surface area contributed by atoms with Crippen LogP contribution in [0.1, 0.15) is 21.5 Å². The minimum absolute atomic E-state index is 0.0240. The van der Waals surface area contributed by atoms with E-state index >= 15 is 0 Å². The number of carbonyl (C=O) groups is 1. The van der Waals surface area contributed by atoms with Crippen LogP contribution in [0.5, 0.6) is 0 Å². The minimum atomic E-state index is -0.490. The third-order valence-corrected chi connectivity index (χ3v) is 2.87. The molecule has 0 radical (unpaired) electrons. The summed E-state index contributed by atoms with van der Waals surface area (Å²) in [6.07, 6.45) is 3.19. The fraction of sp³-hybridized carbons (Fsp3) is 0.0625. The molecule has 2 aromatic carbocycles. The average Bonchev–Trinajstić information content (AvgIpc) is 2.46. The molecular weight excluding hydrogens is 254 g/mol. The lowest BCUT2D eigenvalue weighted by Crippen LogP contribution is -1.95. The second kappa shape index (κ2) is 5.93. The topological polar surface area (TPSA) is 60.2 Å². The van der Waals surface area contributed by atoms with Gasteiger partial charge >= 0.3 is 0 Å². The SMILES string of the molecule is Cc1ccc(/C=C/C(=O)c2ccc([N+](=O)[O-])cc2)cc1. The van der Waals surface area contributed by atoms with Crippen molar-refractivity contribution < 1.29 is 9.72 Å². The molecule has 0 aromatic heterocycles. The molecule has 0 aliphatic carbocycles. The zero-order chi connectivity index (χ0) is 14.5. The monoisotopic (exact) mass is 267 g/mol. The molecule has 0 saturated heterocycles. The number of nitro benzene ring substituents is 1. The molecule has 4 heteroatoms. The van der Waals surface area contributed by atoms with Gasteiger partial charge in [0.1, 0.15) is 0 Å². The quantitative estimate of drug-likeness (QED) is 0.366. The lowest BCUT2D eigenvalue weighted by atomic mass is 10.1. The van der Waals surface area contributed by atoms with E-state index in [9.17, 15) is 14.9 Å². The third kappa shape index (κ3) is 3.38. The highest BCUT2D eigenvalue weighted by molar-refractivity contribution is 6.06. The summed E-state index contributed by atoms with van der Waals surface area (Å²) in [5, 5.41) is 10.5. The predicted octanol–water partition coefficient (Wildman–Crippen LogP) is 3.80. The Morgan fingerprint density at radius 2 is 1.65 bits per heavy atom. The molecule has 0 aliphatic heterocycles. The van der Waals surface area contributed by atoms with E-state index in [1.165, 1.54) is 30.3 Å². The zero-order valence-corrected chi connectivity index (χ0v) is 10.9. The summed E-state index contributed by atoms with van der Waals surface area (Å²) in [5.74, 6) is -0.180. The number of rotatable bonds is 4. The zero-order valence-electron chi connectivity index (χ0n) is 10.9. The normalized spacial score (nSPS) is 10.7. The number of nitrogens with zero attached hydrogens (tertiary/aromatic N) is 1. The van der Waals surface area contributed by atoms with Crippen molar-refractivity contribution in [3.8, 4) is 0 Å². The number of hydrogen-bond acceptors (Lipinski definition) is 3. The van der Waals surface area contributed by atoms with Crippen LogP contribution in [-0.4, -0.2) is 10.7 Å². The highest BCUT2D eigenvalue weighted by Crippen LogP contribution is 2.13. The van der Waals surface area contributed by atoms with Gasteiger partial charge in [0.15, 0.2) is 5.78 Å². The highest BCUT2D eigenvalue weighted by Gasteiger charge is 2.06. The van der Waals surface area contributed by atoms with Gasteiger partial charge in [-0.1, -0.05) is 35.9 Å². The van der Waals surface area contributed by atoms with E-state index in [0.29, 0.717) is 5.56 Å². The van der Waals surface area contributed by atoms with E-state index in [1.54, 1.807) is 6.08 Å². The predicted molar refractivity (Wildman–Crippen MR) is 77.6 cm³/mol. The first-order chi connectivity index (χ1) is 9.56. The molecule has 0 fully saturated rings. The Labute approximate surface area is 116 Å². The van der Waals surface area contributed by atoms with Crippen molar-refractivity contribution in [1.29, 1.82) is 0 Å². The Balaban J connectivity index is 2.11.